The van der Waals surface area contributed by atoms with E-state index < -0.39 is 10.0 Å². The van der Waals surface area contributed by atoms with E-state index in [2.05, 4.69) is 15.2 Å². The third-order valence-electron chi connectivity index (χ3n) is 5.40. The molecule has 0 atom stereocenters. The molecule has 0 saturated carbocycles. The summed E-state index contributed by atoms with van der Waals surface area (Å²) in [4.78, 5) is 19.0. The number of nitrogens with zero attached hydrogens (tertiary/aromatic N) is 3. The van der Waals surface area contributed by atoms with Crippen molar-refractivity contribution in [3.63, 3.8) is 0 Å². The van der Waals surface area contributed by atoms with Crippen molar-refractivity contribution in [3.8, 4) is 17.2 Å². The van der Waals surface area contributed by atoms with Crippen molar-refractivity contribution in [2.24, 2.45) is 0 Å². The number of likely N-dealkylation sites (N-methyl/N-ethyl adjacent to an activating group) is 1. The minimum atomic E-state index is -3.67. The first kappa shape index (κ1) is 26.4. The number of hydrogen-bond donors (Lipinski definition) is 1. The molecule has 0 aliphatic carbocycles. The van der Waals surface area contributed by atoms with Gasteiger partial charge in [0.2, 0.25) is 10.0 Å². The summed E-state index contributed by atoms with van der Waals surface area (Å²) in [5, 5.41) is 5.10. The van der Waals surface area contributed by atoms with Gasteiger partial charge in [0.25, 0.3) is 5.91 Å². The maximum Gasteiger partial charge on any atom is 0.257 e. The molecule has 1 aromatic heterocycles. The summed E-state index contributed by atoms with van der Waals surface area (Å²) in [6.45, 7) is 5.92. The lowest BCUT2D eigenvalue weighted by Crippen LogP contribution is -2.46. The molecule has 1 saturated heterocycles. The van der Waals surface area contributed by atoms with Crippen LogP contribution in [-0.4, -0.2) is 67.8 Å². The lowest BCUT2D eigenvalue weighted by atomic mass is 10.2. The van der Waals surface area contributed by atoms with Crippen LogP contribution in [0.2, 0.25) is 5.02 Å². The molecule has 0 radical (unpaired) electrons. The van der Waals surface area contributed by atoms with Crippen molar-refractivity contribution >= 4 is 44.0 Å². The van der Waals surface area contributed by atoms with Crippen LogP contribution in [0.1, 0.15) is 24.2 Å². The Morgan fingerprint density at radius 3 is 2.47 bits per heavy atom. The van der Waals surface area contributed by atoms with Gasteiger partial charge in [-0.1, -0.05) is 11.6 Å². The van der Waals surface area contributed by atoms with Crippen LogP contribution in [0.25, 0.3) is 0 Å². The molecule has 2 aromatic carbocycles. The third-order valence-corrected chi connectivity index (χ3v) is 8.28. The fourth-order valence-corrected chi connectivity index (χ4v) is 5.84. The second-order valence-corrected chi connectivity index (χ2v) is 11.8. The highest BCUT2D eigenvalue weighted by atomic mass is 35.5. The molecule has 1 fully saturated rings. The van der Waals surface area contributed by atoms with E-state index in [0.717, 1.165) is 0 Å². The molecule has 0 unspecified atom stereocenters. The van der Waals surface area contributed by atoms with Gasteiger partial charge in [-0.2, -0.15) is 4.31 Å². The number of amides is 1. The Bertz CT molecular complexity index is 1320. The SMILES string of the molecule is CC(C)Oc1cc(Oc2ccc(S(=O)(=O)N3CCN(C)CC3)cc2Cl)cc(C(=O)Nc2nccs2)c1. The molecule has 1 N–H and O–H groups in total. The lowest BCUT2D eigenvalue weighted by Gasteiger charge is -2.31. The molecule has 36 heavy (non-hydrogen) atoms. The number of rotatable bonds is 8. The van der Waals surface area contributed by atoms with Gasteiger partial charge in [-0.15, -0.1) is 11.3 Å². The molecular formula is C24H27ClN4O5S2. The molecule has 1 aliphatic rings. The first-order chi connectivity index (χ1) is 17.1. The fraction of sp³-hybridized carbons (Fsp3) is 0.333. The molecule has 3 aromatic rings. The van der Waals surface area contributed by atoms with E-state index in [9.17, 15) is 13.2 Å². The predicted molar refractivity (Wildman–Crippen MR) is 140 cm³/mol. The number of thiazole rings is 1. The van der Waals surface area contributed by atoms with Gasteiger partial charge in [0.1, 0.15) is 17.2 Å². The fourth-order valence-electron chi connectivity index (χ4n) is 3.59. The number of nitrogens with one attached hydrogen (secondary N) is 1. The van der Waals surface area contributed by atoms with Gasteiger partial charge >= 0.3 is 0 Å². The van der Waals surface area contributed by atoms with Gasteiger partial charge in [-0.05, 0) is 51.2 Å². The Balaban J connectivity index is 1.57. The van der Waals surface area contributed by atoms with Crippen LogP contribution in [-0.2, 0) is 10.0 Å². The van der Waals surface area contributed by atoms with Crippen molar-refractivity contribution in [1.82, 2.24) is 14.2 Å². The zero-order valence-electron chi connectivity index (χ0n) is 20.1. The first-order valence-electron chi connectivity index (χ1n) is 11.3. The predicted octanol–water partition coefficient (Wildman–Crippen LogP) is 4.56. The maximum atomic E-state index is 13.1. The van der Waals surface area contributed by atoms with Gasteiger partial charge in [-0.3, -0.25) is 10.1 Å². The number of carbonyl (C=O) groups excluding carboxylic acids is 1. The third kappa shape index (κ3) is 6.34. The normalized spacial score (nSPS) is 15.1. The van der Waals surface area contributed by atoms with E-state index in [1.54, 1.807) is 29.8 Å². The summed E-state index contributed by atoms with van der Waals surface area (Å²) >= 11 is 7.74. The molecule has 0 spiro atoms. The number of aromatic nitrogens is 1. The van der Waals surface area contributed by atoms with Gasteiger partial charge in [-0.25, -0.2) is 13.4 Å². The van der Waals surface area contributed by atoms with Crippen LogP contribution in [0.15, 0.2) is 52.9 Å². The summed E-state index contributed by atoms with van der Waals surface area (Å²) in [6, 6.07) is 9.18. The summed E-state index contributed by atoms with van der Waals surface area (Å²) in [5.41, 5.74) is 0.309. The van der Waals surface area contributed by atoms with E-state index in [-0.39, 0.29) is 27.7 Å². The van der Waals surface area contributed by atoms with Crippen molar-refractivity contribution < 1.29 is 22.7 Å². The van der Waals surface area contributed by atoms with Crippen molar-refractivity contribution in [1.29, 1.82) is 0 Å². The van der Waals surface area contributed by atoms with Crippen LogP contribution in [0, 0.1) is 0 Å². The smallest absolute Gasteiger partial charge is 0.257 e. The van der Waals surface area contributed by atoms with E-state index in [1.165, 1.54) is 33.8 Å². The lowest BCUT2D eigenvalue weighted by molar-refractivity contribution is 0.102. The number of hydrogen-bond acceptors (Lipinski definition) is 8. The zero-order valence-corrected chi connectivity index (χ0v) is 22.5. The highest BCUT2D eigenvalue weighted by Gasteiger charge is 2.28. The molecule has 2 heterocycles. The molecule has 1 amide bonds. The monoisotopic (exact) mass is 550 g/mol. The van der Waals surface area contributed by atoms with Gasteiger partial charge in [0.05, 0.1) is 16.0 Å². The molecule has 192 valence electrons. The quantitative estimate of drug-likeness (QED) is 0.438. The van der Waals surface area contributed by atoms with Crippen LogP contribution in [0.4, 0.5) is 5.13 Å². The van der Waals surface area contributed by atoms with Crippen molar-refractivity contribution in [3.05, 3.63) is 58.6 Å². The highest BCUT2D eigenvalue weighted by molar-refractivity contribution is 7.89. The molecular weight excluding hydrogens is 524 g/mol. The number of anilines is 1. The van der Waals surface area contributed by atoms with Gasteiger partial charge in [0.15, 0.2) is 5.13 Å². The van der Waals surface area contributed by atoms with E-state index >= 15 is 0 Å². The average molecular weight is 551 g/mol. The maximum absolute atomic E-state index is 13.1. The summed E-state index contributed by atoms with van der Waals surface area (Å²) in [6.07, 6.45) is 1.47. The molecule has 12 heteroatoms. The van der Waals surface area contributed by atoms with Crippen molar-refractivity contribution in [2.45, 2.75) is 24.8 Å². The number of carbonyl (C=O) groups is 1. The minimum absolute atomic E-state index is 0.102. The standard InChI is InChI=1S/C24H27ClN4O5S2/c1-16(2)33-18-12-17(23(30)27-24-26-6-11-35-24)13-19(14-18)34-22-5-4-20(15-21(22)25)36(31,32)29-9-7-28(3)8-10-29/h4-6,11-16H,7-10H2,1-3H3,(H,26,27,30). The topological polar surface area (TPSA) is 101 Å². The van der Waals surface area contributed by atoms with Crippen LogP contribution in [0.3, 0.4) is 0 Å². The van der Waals surface area contributed by atoms with E-state index in [4.69, 9.17) is 21.1 Å². The highest BCUT2D eigenvalue weighted by Crippen LogP contribution is 2.34. The van der Waals surface area contributed by atoms with Crippen LogP contribution < -0.4 is 14.8 Å². The Morgan fingerprint density at radius 1 is 1.11 bits per heavy atom. The number of ether oxygens (including phenoxy) is 2. The number of benzene rings is 2. The second kappa shape index (κ2) is 11.1. The Morgan fingerprint density at radius 2 is 1.83 bits per heavy atom. The molecule has 1 aliphatic heterocycles. The zero-order chi connectivity index (χ0) is 25.9. The minimum Gasteiger partial charge on any atom is -0.491 e. The molecule has 4 rings (SSSR count). The molecule has 9 nitrogen and oxygen atoms in total. The van der Waals surface area contributed by atoms with Crippen LogP contribution in [0.5, 0.6) is 17.2 Å². The summed E-state index contributed by atoms with van der Waals surface area (Å²) in [7, 11) is -1.71. The first-order valence-corrected chi connectivity index (χ1v) is 14.0. The average Bonchev–Trinajstić information content (AvgIpc) is 3.33. The summed E-state index contributed by atoms with van der Waals surface area (Å²) < 4.78 is 39.3. The number of halogens is 1. The van der Waals surface area contributed by atoms with Crippen LogP contribution >= 0.6 is 22.9 Å². The van der Waals surface area contributed by atoms with Gasteiger partial charge < -0.3 is 14.4 Å². The van der Waals surface area contributed by atoms with E-state index in [1.807, 2.05) is 20.9 Å². The summed E-state index contributed by atoms with van der Waals surface area (Å²) in [5.74, 6) is 0.636. The van der Waals surface area contributed by atoms with Crippen molar-refractivity contribution in [2.75, 3.05) is 38.5 Å². The second-order valence-electron chi connectivity index (χ2n) is 8.55. The largest absolute Gasteiger partial charge is 0.491 e. The van der Waals surface area contributed by atoms with E-state index in [0.29, 0.717) is 48.4 Å². The Hall–Kier alpha value is -2.70. The Kier molecular flexibility index (Phi) is 8.16. The number of piperazine rings is 1. The Labute approximate surface area is 219 Å². The van der Waals surface area contributed by atoms with Gasteiger partial charge in [0, 0.05) is 49.4 Å². The molecule has 0 bridgehead atoms. The number of sulfonamides is 1.